The molecule has 0 fully saturated rings. The Morgan fingerprint density at radius 2 is 1.46 bits per heavy atom. The van der Waals surface area contributed by atoms with E-state index in [0.29, 0.717) is 13.2 Å². The van der Waals surface area contributed by atoms with E-state index < -0.39 is 10.3 Å². The second-order valence-corrected chi connectivity index (χ2v) is 11.2. The number of rotatable bonds is 9. The first-order chi connectivity index (χ1) is 12.3. The van der Waals surface area contributed by atoms with Crippen molar-refractivity contribution in [2.24, 2.45) is 0 Å². The number of nitrogens with two attached hydrogens (primary N) is 1. The van der Waals surface area contributed by atoms with E-state index in [2.05, 4.69) is 57.5 Å². The fraction of sp³-hybridized carbons (Fsp3) is 0.429. The van der Waals surface area contributed by atoms with Crippen LogP contribution in [-0.4, -0.2) is 22.5 Å². The molecule has 0 aliphatic heterocycles. The van der Waals surface area contributed by atoms with Gasteiger partial charge in [0.25, 0.3) is 0 Å². The van der Waals surface area contributed by atoms with Crippen molar-refractivity contribution in [3.63, 3.8) is 0 Å². The van der Waals surface area contributed by atoms with Crippen molar-refractivity contribution < 1.29 is 19.6 Å². The maximum Gasteiger partial charge on any atom is 0.161 e. The molecule has 26 heavy (non-hydrogen) atoms. The van der Waals surface area contributed by atoms with E-state index in [1.54, 1.807) is 0 Å². The Hall–Kier alpha value is -1.53. The highest BCUT2D eigenvalue weighted by molar-refractivity contribution is 8.29. The molecule has 0 radical (unpaired) electrons. The summed E-state index contributed by atoms with van der Waals surface area (Å²) >= 11 is 0. The zero-order chi connectivity index (χ0) is 19.2. The average Bonchev–Trinajstić information content (AvgIpc) is 2.65. The molecule has 144 valence electrons. The topological polar surface area (TPSA) is 55.3 Å². The van der Waals surface area contributed by atoms with Crippen LogP contribution in [0.25, 0.3) is 0 Å². The molecule has 0 saturated carbocycles. The maximum atomic E-state index is 8.94. The molecule has 3 N–H and O–H groups in total. The van der Waals surface area contributed by atoms with E-state index >= 15 is 0 Å². The molecule has 4 nitrogen and oxygen atoms in total. The van der Waals surface area contributed by atoms with Crippen molar-refractivity contribution in [1.82, 2.24) is 0 Å². The molecule has 0 bridgehead atoms. The standard InChI is InChI=1S/C21H31NO3S/c1-6-21(2,3)26(4,5)25-16-18-9-7-17(8-10-18)15-24-20-13-11-19(22-23)12-14-20/h7-14,22-23H,6,15-16H2,1-5H3/p+1. The number of quaternary nitrogens is 1. The van der Waals surface area contributed by atoms with Gasteiger partial charge in [0.1, 0.15) is 12.4 Å². The second kappa shape index (κ2) is 8.91. The van der Waals surface area contributed by atoms with Crippen molar-refractivity contribution in [3.8, 4) is 5.75 Å². The molecule has 2 rings (SSSR count). The largest absolute Gasteiger partial charge is 0.489 e. The molecule has 0 aliphatic carbocycles. The van der Waals surface area contributed by atoms with E-state index in [0.717, 1.165) is 28.9 Å². The third-order valence-corrected chi connectivity index (χ3v) is 8.82. The molecule has 0 spiro atoms. The third kappa shape index (κ3) is 5.48. The molecular weight excluding hydrogens is 346 g/mol. The number of hydrogen-bond donors (Lipinski definition) is 2. The summed E-state index contributed by atoms with van der Waals surface area (Å²) in [5.74, 6) is 0.787. The van der Waals surface area contributed by atoms with Gasteiger partial charge < -0.3 is 8.92 Å². The number of benzene rings is 2. The molecule has 0 heterocycles. The molecule has 5 heteroatoms. The maximum absolute atomic E-state index is 8.94. The second-order valence-electron chi connectivity index (χ2n) is 7.41. The van der Waals surface area contributed by atoms with E-state index in [1.807, 2.05) is 24.3 Å². The smallest absolute Gasteiger partial charge is 0.161 e. The first-order valence-electron chi connectivity index (χ1n) is 8.93. The number of ether oxygens (including phenoxy) is 1. The predicted molar refractivity (Wildman–Crippen MR) is 109 cm³/mol. The van der Waals surface area contributed by atoms with Crippen LogP contribution in [-0.2, 0) is 17.4 Å². The van der Waals surface area contributed by atoms with Crippen LogP contribution in [0, 0.1) is 0 Å². The monoisotopic (exact) mass is 378 g/mol. The van der Waals surface area contributed by atoms with E-state index in [1.165, 1.54) is 5.56 Å². The van der Waals surface area contributed by atoms with Crippen molar-refractivity contribution in [2.45, 2.75) is 45.2 Å². The SMILES string of the molecule is CCC(C)(C)S(C)(C)OCc1ccc(COc2ccc([NH2+]O)cc2)cc1. The van der Waals surface area contributed by atoms with E-state index in [4.69, 9.17) is 14.1 Å². The van der Waals surface area contributed by atoms with Crippen molar-refractivity contribution in [3.05, 3.63) is 59.7 Å². The summed E-state index contributed by atoms with van der Waals surface area (Å²) in [6, 6.07) is 15.7. The quantitative estimate of drug-likeness (QED) is 0.498. The van der Waals surface area contributed by atoms with E-state index in [-0.39, 0.29) is 4.75 Å². The number of hydrogen-bond acceptors (Lipinski definition) is 3. The Labute approximate surface area is 159 Å². The minimum absolute atomic E-state index is 0.212. The van der Waals surface area contributed by atoms with Crippen molar-refractivity contribution >= 4 is 16.0 Å². The molecular formula is C21H32NO3S+. The molecule has 0 unspecified atom stereocenters. The first kappa shape index (κ1) is 20.8. The van der Waals surface area contributed by atoms with Crippen LogP contribution in [0.2, 0.25) is 0 Å². The summed E-state index contributed by atoms with van der Waals surface area (Å²) in [6.45, 7) is 7.96. The van der Waals surface area contributed by atoms with Crippen LogP contribution >= 0.6 is 10.3 Å². The van der Waals surface area contributed by atoms with Gasteiger partial charge >= 0.3 is 0 Å². The van der Waals surface area contributed by atoms with E-state index in [9.17, 15) is 0 Å². The summed E-state index contributed by atoms with van der Waals surface area (Å²) in [5.41, 5.74) is 4.14. The first-order valence-corrected chi connectivity index (χ1v) is 11.3. The van der Waals surface area contributed by atoms with Crippen LogP contribution in [0.3, 0.4) is 0 Å². The summed E-state index contributed by atoms with van der Waals surface area (Å²) < 4.78 is 12.3. The van der Waals surface area contributed by atoms with Gasteiger partial charge in [-0.25, -0.2) is 5.21 Å². The van der Waals surface area contributed by atoms with Crippen LogP contribution in [0.4, 0.5) is 5.69 Å². The van der Waals surface area contributed by atoms with Gasteiger partial charge in [0.05, 0.1) is 6.61 Å². The Morgan fingerprint density at radius 3 is 1.96 bits per heavy atom. The lowest BCUT2D eigenvalue weighted by Crippen LogP contribution is -2.73. The van der Waals surface area contributed by atoms with Gasteiger partial charge in [0, 0.05) is 16.9 Å². The summed E-state index contributed by atoms with van der Waals surface area (Å²) in [5, 5.41) is 8.94. The fourth-order valence-corrected chi connectivity index (χ4v) is 3.72. The van der Waals surface area contributed by atoms with Crippen LogP contribution in [0.5, 0.6) is 5.75 Å². The molecule has 0 amide bonds. The van der Waals surface area contributed by atoms with Gasteiger partial charge in [-0.05, 0) is 42.2 Å². The molecule has 2 aromatic carbocycles. The average molecular weight is 379 g/mol. The zero-order valence-electron chi connectivity index (χ0n) is 16.5. The normalized spacial score (nSPS) is 12.8. The zero-order valence-corrected chi connectivity index (χ0v) is 17.3. The Morgan fingerprint density at radius 1 is 0.923 bits per heavy atom. The molecule has 0 atom stereocenters. The Kier molecular flexibility index (Phi) is 7.12. The lowest BCUT2D eigenvalue weighted by molar-refractivity contribution is -0.825. The minimum Gasteiger partial charge on any atom is -0.489 e. The lowest BCUT2D eigenvalue weighted by atomic mass is 10.1. The highest BCUT2D eigenvalue weighted by atomic mass is 32.3. The van der Waals surface area contributed by atoms with Crippen LogP contribution < -0.4 is 10.2 Å². The highest BCUT2D eigenvalue weighted by Gasteiger charge is 2.31. The van der Waals surface area contributed by atoms with Gasteiger partial charge in [-0.1, -0.05) is 45.0 Å². The van der Waals surface area contributed by atoms with Crippen molar-refractivity contribution in [1.29, 1.82) is 0 Å². The Balaban J connectivity index is 1.87. The van der Waals surface area contributed by atoms with Crippen LogP contribution in [0.1, 0.15) is 38.3 Å². The van der Waals surface area contributed by atoms with Crippen LogP contribution in [0.15, 0.2) is 48.5 Å². The summed E-state index contributed by atoms with van der Waals surface area (Å²) in [6.07, 6.45) is 5.61. The van der Waals surface area contributed by atoms with Gasteiger partial charge in [0.15, 0.2) is 5.69 Å². The molecule has 0 aromatic heterocycles. The molecule has 2 aromatic rings. The third-order valence-electron chi connectivity index (χ3n) is 5.16. The molecule has 0 aliphatic rings. The van der Waals surface area contributed by atoms with Gasteiger partial charge in [-0.2, -0.15) is 5.48 Å². The Bertz CT molecular complexity index is 681. The van der Waals surface area contributed by atoms with Gasteiger partial charge in [-0.3, -0.25) is 0 Å². The summed E-state index contributed by atoms with van der Waals surface area (Å²) in [7, 11) is -1.12. The lowest BCUT2D eigenvalue weighted by Gasteiger charge is -2.45. The van der Waals surface area contributed by atoms with Crippen molar-refractivity contribution in [2.75, 3.05) is 12.5 Å². The fourth-order valence-electron chi connectivity index (χ4n) is 2.27. The highest BCUT2D eigenvalue weighted by Crippen LogP contribution is 2.56. The predicted octanol–water partition coefficient (Wildman–Crippen LogP) is 4.53. The van der Waals surface area contributed by atoms with Gasteiger partial charge in [0.2, 0.25) is 0 Å². The molecule has 0 saturated heterocycles. The summed E-state index contributed by atoms with van der Waals surface area (Å²) in [4.78, 5) is 0. The van der Waals surface area contributed by atoms with Gasteiger partial charge in [-0.15, -0.1) is 10.3 Å². The minimum atomic E-state index is -1.12.